The molecule has 0 amide bonds. The van der Waals surface area contributed by atoms with Crippen LogP contribution in [0.25, 0.3) is 0 Å². The second-order valence-corrected chi connectivity index (χ2v) is 6.01. The first kappa shape index (κ1) is 16.0. The number of hydrogen-bond donors (Lipinski definition) is 0. The minimum Gasteiger partial charge on any atom is -0.298 e. The monoisotopic (exact) mass is 316 g/mol. The second-order valence-electron chi connectivity index (χ2n) is 6.01. The van der Waals surface area contributed by atoms with Gasteiger partial charge in [-0.15, -0.1) is 0 Å². The highest BCUT2D eigenvalue weighted by atomic mass is 15.3. The highest BCUT2D eigenvalue weighted by Gasteiger charge is 2.05. The molecule has 0 bridgehead atoms. The van der Waals surface area contributed by atoms with E-state index in [2.05, 4.69) is 41.4 Å². The van der Waals surface area contributed by atoms with Gasteiger partial charge in [0.15, 0.2) is 0 Å². The van der Waals surface area contributed by atoms with Crippen LogP contribution in [-0.2, 0) is 19.6 Å². The Morgan fingerprint density at radius 2 is 1.67 bits per heavy atom. The maximum atomic E-state index is 8.84. The van der Waals surface area contributed by atoms with Crippen molar-refractivity contribution in [1.82, 2.24) is 14.7 Å². The van der Waals surface area contributed by atoms with Crippen molar-refractivity contribution in [1.29, 1.82) is 5.26 Å². The molecule has 0 fully saturated rings. The molecule has 0 radical (unpaired) electrons. The van der Waals surface area contributed by atoms with E-state index >= 15 is 0 Å². The van der Waals surface area contributed by atoms with E-state index in [0.29, 0.717) is 5.56 Å². The lowest BCUT2D eigenvalue weighted by Crippen LogP contribution is -2.16. The lowest BCUT2D eigenvalue weighted by atomic mass is 10.1. The smallest absolute Gasteiger partial charge is 0.0991 e. The van der Waals surface area contributed by atoms with E-state index in [4.69, 9.17) is 5.26 Å². The minimum atomic E-state index is 0.698. The van der Waals surface area contributed by atoms with Crippen molar-refractivity contribution in [2.45, 2.75) is 19.6 Å². The summed E-state index contributed by atoms with van der Waals surface area (Å²) in [6.45, 7) is 2.48. The quantitative estimate of drug-likeness (QED) is 0.700. The number of nitriles is 1. The topological polar surface area (TPSA) is 44.9 Å². The lowest BCUT2D eigenvalue weighted by molar-refractivity contribution is 0.319. The van der Waals surface area contributed by atoms with Gasteiger partial charge < -0.3 is 0 Å². The molecule has 0 aliphatic carbocycles. The van der Waals surface area contributed by atoms with E-state index in [9.17, 15) is 0 Å². The van der Waals surface area contributed by atoms with E-state index in [-0.39, 0.29) is 0 Å². The molecule has 24 heavy (non-hydrogen) atoms. The number of benzene rings is 2. The summed E-state index contributed by atoms with van der Waals surface area (Å²) in [4.78, 5) is 2.24. The molecule has 0 N–H and O–H groups in total. The van der Waals surface area contributed by atoms with Crippen LogP contribution in [0.1, 0.15) is 22.3 Å². The van der Waals surface area contributed by atoms with Crippen LogP contribution in [0.2, 0.25) is 0 Å². The van der Waals surface area contributed by atoms with Crippen LogP contribution in [0.3, 0.4) is 0 Å². The molecular weight excluding hydrogens is 296 g/mol. The molecule has 3 rings (SSSR count). The van der Waals surface area contributed by atoms with Crippen LogP contribution in [0.15, 0.2) is 67.0 Å². The first-order valence-electron chi connectivity index (χ1n) is 7.96. The van der Waals surface area contributed by atoms with Gasteiger partial charge in [-0.2, -0.15) is 10.4 Å². The van der Waals surface area contributed by atoms with E-state index in [1.807, 2.05) is 53.3 Å². The van der Waals surface area contributed by atoms with Crippen molar-refractivity contribution in [2.24, 2.45) is 0 Å². The maximum absolute atomic E-state index is 8.84. The van der Waals surface area contributed by atoms with Crippen LogP contribution in [0.4, 0.5) is 0 Å². The zero-order chi connectivity index (χ0) is 16.8. The van der Waals surface area contributed by atoms with Gasteiger partial charge in [-0.05, 0) is 30.3 Å². The zero-order valence-electron chi connectivity index (χ0n) is 13.8. The molecule has 0 unspecified atom stereocenters. The van der Waals surface area contributed by atoms with Gasteiger partial charge in [0.2, 0.25) is 0 Å². The average Bonchev–Trinajstić information content (AvgIpc) is 3.03. The Labute approximate surface area is 142 Å². The fraction of sp³-hybridized carbons (Fsp3) is 0.200. The molecule has 0 aliphatic rings. The molecule has 4 nitrogen and oxygen atoms in total. The molecule has 0 saturated heterocycles. The summed E-state index contributed by atoms with van der Waals surface area (Å²) in [6.07, 6.45) is 4.03. The molecule has 2 aromatic carbocycles. The van der Waals surface area contributed by atoms with Crippen LogP contribution < -0.4 is 0 Å². The molecule has 0 aliphatic heterocycles. The van der Waals surface area contributed by atoms with E-state index in [1.165, 1.54) is 16.7 Å². The molecule has 0 spiro atoms. The standard InChI is InChI=1S/C20H20N4/c1-23(13-19-9-7-17(11-21)8-10-19)14-20-12-22-24(16-20)15-18-5-3-2-4-6-18/h2-10,12,16H,13-15H2,1H3. The molecule has 0 saturated carbocycles. The summed E-state index contributed by atoms with van der Waals surface area (Å²) in [6, 6.07) is 20.2. The summed E-state index contributed by atoms with van der Waals surface area (Å²) >= 11 is 0. The SMILES string of the molecule is CN(Cc1ccc(C#N)cc1)Cc1cnn(Cc2ccccc2)c1. The molecular formula is C20H20N4. The fourth-order valence-electron chi connectivity index (χ4n) is 2.71. The Hall–Kier alpha value is -2.90. The number of aromatic nitrogens is 2. The lowest BCUT2D eigenvalue weighted by Gasteiger charge is -2.15. The zero-order valence-corrected chi connectivity index (χ0v) is 13.8. The second kappa shape index (κ2) is 7.58. The van der Waals surface area contributed by atoms with Crippen LogP contribution in [0, 0.1) is 11.3 Å². The largest absolute Gasteiger partial charge is 0.298 e. The van der Waals surface area contributed by atoms with Gasteiger partial charge in [0.05, 0.1) is 24.4 Å². The molecule has 1 aromatic heterocycles. The van der Waals surface area contributed by atoms with Gasteiger partial charge in [-0.1, -0.05) is 42.5 Å². The van der Waals surface area contributed by atoms with Gasteiger partial charge in [-0.3, -0.25) is 9.58 Å². The summed E-state index contributed by atoms with van der Waals surface area (Å²) in [5.41, 5.74) is 4.34. The van der Waals surface area contributed by atoms with E-state index < -0.39 is 0 Å². The summed E-state index contributed by atoms with van der Waals surface area (Å²) in [5, 5.41) is 13.3. The Morgan fingerprint density at radius 1 is 0.958 bits per heavy atom. The fourth-order valence-corrected chi connectivity index (χ4v) is 2.71. The molecule has 1 heterocycles. The average molecular weight is 316 g/mol. The summed E-state index contributed by atoms with van der Waals surface area (Å²) in [5.74, 6) is 0. The predicted octanol–water partition coefficient (Wildman–Crippen LogP) is 3.44. The van der Waals surface area contributed by atoms with Crippen molar-refractivity contribution in [2.75, 3.05) is 7.05 Å². The van der Waals surface area contributed by atoms with Gasteiger partial charge >= 0.3 is 0 Å². The molecule has 3 aromatic rings. The van der Waals surface area contributed by atoms with Crippen LogP contribution in [-0.4, -0.2) is 21.7 Å². The van der Waals surface area contributed by atoms with Crippen molar-refractivity contribution in [3.05, 3.63) is 89.2 Å². The van der Waals surface area contributed by atoms with Gasteiger partial charge in [0.1, 0.15) is 0 Å². The van der Waals surface area contributed by atoms with Gasteiger partial charge in [-0.25, -0.2) is 0 Å². The highest BCUT2D eigenvalue weighted by molar-refractivity contribution is 5.31. The third-order valence-corrected chi connectivity index (χ3v) is 3.86. The first-order chi connectivity index (χ1) is 11.7. The van der Waals surface area contributed by atoms with Crippen LogP contribution in [0.5, 0.6) is 0 Å². The Morgan fingerprint density at radius 3 is 2.38 bits per heavy atom. The van der Waals surface area contributed by atoms with Gasteiger partial charge in [0.25, 0.3) is 0 Å². The van der Waals surface area contributed by atoms with E-state index in [1.54, 1.807) is 0 Å². The minimum absolute atomic E-state index is 0.698. The first-order valence-corrected chi connectivity index (χ1v) is 7.96. The predicted molar refractivity (Wildman–Crippen MR) is 94.1 cm³/mol. The number of hydrogen-bond acceptors (Lipinski definition) is 3. The van der Waals surface area contributed by atoms with Crippen molar-refractivity contribution < 1.29 is 0 Å². The highest BCUT2D eigenvalue weighted by Crippen LogP contribution is 2.10. The Balaban J connectivity index is 1.56. The number of rotatable bonds is 6. The van der Waals surface area contributed by atoms with Crippen molar-refractivity contribution in [3.63, 3.8) is 0 Å². The Kier molecular flexibility index (Phi) is 5.05. The Bertz CT molecular complexity index is 813. The van der Waals surface area contributed by atoms with Gasteiger partial charge in [0, 0.05) is 24.8 Å². The number of nitrogens with zero attached hydrogens (tertiary/aromatic N) is 4. The van der Waals surface area contributed by atoms with Crippen molar-refractivity contribution >= 4 is 0 Å². The van der Waals surface area contributed by atoms with Crippen molar-refractivity contribution in [3.8, 4) is 6.07 Å². The molecule has 120 valence electrons. The summed E-state index contributed by atoms with van der Waals surface area (Å²) in [7, 11) is 2.09. The third-order valence-electron chi connectivity index (χ3n) is 3.86. The normalized spacial score (nSPS) is 10.7. The van der Waals surface area contributed by atoms with Crippen LogP contribution >= 0.6 is 0 Å². The molecule has 0 atom stereocenters. The summed E-state index contributed by atoms with van der Waals surface area (Å²) < 4.78 is 1.97. The van der Waals surface area contributed by atoms with E-state index in [0.717, 1.165) is 19.6 Å². The molecule has 4 heteroatoms. The third kappa shape index (κ3) is 4.31. The maximum Gasteiger partial charge on any atom is 0.0991 e.